The minimum absolute atomic E-state index is 0.299. The van der Waals surface area contributed by atoms with Gasteiger partial charge in [0.05, 0.1) is 0 Å². The van der Waals surface area contributed by atoms with Crippen molar-refractivity contribution in [1.82, 2.24) is 4.90 Å². The number of carbonyl (C=O) groups is 2. The van der Waals surface area contributed by atoms with Gasteiger partial charge in [-0.15, -0.1) is 0 Å². The van der Waals surface area contributed by atoms with E-state index in [1.807, 2.05) is 30.3 Å². The number of hydrogen-bond acceptors (Lipinski definition) is 3. The maximum Gasteiger partial charge on any atom is 0.326 e. The molecule has 2 rings (SSSR count). The van der Waals surface area contributed by atoms with Gasteiger partial charge < -0.3 is 14.9 Å². The summed E-state index contributed by atoms with van der Waals surface area (Å²) in [5.41, 5.74) is 2.73. The van der Waals surface area contributed by atoms with Crippen LogP contribution in [-0.2, 0) is 11.3 Å². The van der Waals surface area contributed by atoms with Gasteiger partial charge in [0.15, 0.2) is 0 Å². The maximum atomic E-state index is 12.4. The Morgan fingerprint density at radius 3 is 2.16 bits per heavy atom. The van der Waals surface area contributed by atoms with Gasteiger partial charge in [0, 0.05) is 31.4 Å². The summed E-state index contributed by atoms with van der Waals surface area (Å²) in [6.07, 6.45) is 0. The Morgan fingerprint density at radius 2 is 1.64 bits per heavy atom. The summed E-state index contributed by atoms with van der Waals surface area (Å²) in [5, 5.41) is 9.04. The summed E-state index contributed by atoms with van der Waals surface area (Å²) in [7, 11) is 1.50. The highest BCUT2D eigenvalue weighted by molar-refractivity contribution is 5.96. The van der Waals surface area contributed by atoms with E-state index in [0.717, 1.165) is 18.8 Å². The molecule has 2 aromatic carbocycles. The van der Waals surface area contributed by atoms with E-state index in [2.05, 4.69) is 24.0 Å². The van der Waals surface area contributed by atoms with Crippen LogP contribution in [0.1, 0.15) is 29.8 Å². The third kappa shape index (κ3) is 4.59. The highest BCUT2D eigenvalue weighted by Crippen LogP contribution is 2.19. The molecule has 132 valence electrons. The Bertz CT molecular complexity index is 713. The van der Waals surface area contributed by atoms with Gasteiger partial charge in [-0.2, -0.15) is 0 Å². The molecular formula is C20H24N2O3. The zero-order chi connectivity index (χ0) is 18.4. The number of carboxylic acid groups (broad SMARTS) is 1. The minimum Gasteiger partial charge on any atom is -0.480 e. The van der Waals surface area contributed by atoms with E-state index in [-0.39, 0.29) is 5.91 Å². The standard InChI is InChI=1S/C20H24N2O3/c1-4-22(14-16-8-6-5-7-9-16)18-12-10-17(11-13-18)19(23)21(3)15(2)20(24)25/h5-13,15H,4,14H2,1-3H3,(H,24,25). The van der Waals surface area contributed by atoms with E-state index in [9.17, 15) is 9.59 Å². The monoisotopic (exact) mass is 340 g/mol. The van der Waals surface area contributed by atoms with Crippen LogP contribution in [0.2, 0.25) is 0 Å². The molecule has 0 aliphatic heterocycles. The second-order valence-electron chi connectivity index (χ2n) is 5.98. The topological polar surface area (TPSA) is 60.9 Å². The van der Waals surface area contributed by atoms with Crippen LogP contribution >= 0.6 is 0 Å². The van der Waals surface area contributed by atoms with Crippen molar-refractivity contribution in [2.75, 3.05) is 18.5 Å². The van der Waals surface area contributed by atoms with Crippen LogP contribution in [0.5, 0.6) is 0 Å². The molecule has 0 aliphatic rings. The molecule has 1 N–H and O–H groups in total. The molecule has 1 unspecified atom stereocenters. The van der Waals surface area contributed by atoms with E-state index in [1.165, 1.54) is 24.4 Å². The molecule has 1 amide bonds. The van der Waals surface area contributed by atoms with Crippen molar-refractivity contribution in [3.63, 3.8) is 0 Å². The SMILES string of the molecule is CCN(Cc1ccccc1)c1ccc(C(=O)N(C)C(C)C(=O)O)cc1. The van der Waals surface area contributed by atoms with Crippen LogP contribution in [0.25, 0.3) is 0 Å². The smallest absolute Gasteiger partial charge is 0.326 e. The molecular weight excluding hydrogens is 316 g/mol. The van der Waals surface area contributed by atoms with Crippen molar-refractivity contribution < 1.29 is 14.7 Å². The molecule has 0 bridgehead atoms. The molecule has 25 heavy (non-hydrogen) atoms. The number of amides is 1. The second-order valence-corrected chi connectivity index (χ2v) is 5.98. The lowest BCUT2D eigenvalue weighted by Crippen LogP contribution is -2.40. The molecule has 0 heterocycles. The van der Waals surface area contributed by atoms with Crippen LogP contribution in [0, 0.1) is 0 Å². The molecule has 0 spiro atoms. The fraction of sp³-hybridized carbons (Fsp3) is 0.300. The lowest BCUT2D eigenvalue weighted by atomic mass is 10.1. The molecule has 0 fully saturated rings. The lowest BCUT2D eigenvalue weighted by molar-refractivity contribution is -0.141. The number of carbonyl (C=O) groups excluding carboxylic acids is 1. The van der Waals surface area contributed by atoms with Crippen LogP contribution < -0.4 is 4.90 Å². The Balaban J connectivity index is 2.12. The third-order valence-electron chi connectivity index (χ3n) is 4.34. The van der Waals surface area contributed by atoms with Crippen molar-refractivity contribution in [3.8, 4) is 0 Å². The largest absolute Gasteiger partial charge is 0.480 e. The zero-order valence-corrected chi connectivity index (χ0v) is 14.8. The molecule has 0 aromatic heterocycles. The summed E-state index contributed by atoms with van der Waals surface area (Å²) in [5.74, 6) is -1.32. The Hall–Kier alpha value is -2.82. The number of nitrogens with zero attached hydrogens (tertiary/aromatic N) is 2. The normalized spacial score (nSPS) is 11.6. The zero-order valence-electron chi connectivity index (χ0n) is 14.8. The molecule has 2 aromatic rings. The first-order valence-electron chi connectivity index (χ1n) is 8.33. The molecule has 0 saturated carbocycles. The number of likely N-dealkylation sites (N-methyl/N-ethyl adjacent to an activating group) is 1. The molecule has 5 heteroatoms. The van der Waals surface area contributed by atoms with Gasteiger partial charge in [0.1, 0.15) is 6.04 Å². The molecule has 5 nitrogen and oxygen atoms in total. The van der Waals surface area contributed by atoms with Gasteiger partial charge in [-0.25, -0.2) is 4.79 Å². The number of carboxylic acids is 1. The van der Waals surface area contributed by atoms with Gasteiger partial charge in [0.25, 0.3) is 5.91 Å². The number of benzene rings is 2. The minimum atomic E-state index is -1.02. The third-order valence-corrected chi connectivity index (χ3v) is 4.34. The summed E-state index contributed by atoms with van der Waals surface area (Å²) in [6, 6.07) is 16.6. The average Bonchev–Trinajstić information content (AvgIpc) is 2.65. The van der Waals surface area contributed by atoms with Crippen molar-refractivity contribution in [3.05, 3.63) is 65.7 Å². The fourth-order valence-electron chi connectivity index (χ4n) is 2.55. The van der Waals surface area contributed by atoms with E-state index in [1.54, 1.807) is 12.1 Å². The average molecular weight is 340 g/mol. The number of anilines is 1. The van der Waals surface area contributed by atoms with Crippen LogP contribution in [0.15, 0.2) is 54.6 Å². The van der Waals surface area contributed by atoms with E-state index in [4.69, 9.17) is 5.11 Å². The maximum absolute atomic E-state index is 12.4. The summed E-state index contributed by atoms with van der Waals surface area (Å²) in [6.45, 7) is 5.22. The van der Waals surface area contributed by atoms with Crippen LogP contribution in [0.4, 0.5) is 5.69 Å². The number of aliphatic carboxylic acids is 1. The number of rotatable bonds is 7. The lowest BCUT2D eigenvalue weighted by Gasteiger charge is -2.24. The first kappa shape index (κ1) is 18.5. The van der Waals surface area contributed by atoms with Crippen LogP contribution in [-0.4, -0.2) is 41.5 Å². The molecule has 1 atom stereocenters. The van der Waals surface area contributed by atoms with E-state index < -0.39 is 12.0 Å². The fourth-order valence-corrected chi connectivity index (χ4v) is 2.55. The Morgan fingerprint density at radius 1 is 1.04 bits per heavy atom. The van der Waals surface area contributed by atoms with Crippen molar-refractivity contribution in [2.24, 2.45) is 0 Å². The van der Waals surface area contributed by atoms with Gasteiger partial charge in [0.2, 0.25) is 0 Å². The van der Waals surface area contributed by atoms with Gasteiger partial charge >= 0.3 is 5.97 Å². The molecule has 0 aliphatic carbocycles. The first-order chi connectivity index (χ1) is 11.9. The predicted molar refractivity (Wildman–Crippen MR) is 98.8 cm³/mol. The van der Waals surface area contributed by atoms with Crippen LogP contribution in [0.3, 0.4) is 0 Å². The summed E-state index contributed by atoms with van der Waals surface area (Å²) < 4.78 is 0. The predicted octanol–water partition coefficient (Wildman–Crippen LogP) is 3.26. The van der Waals surface area contributed by atoms with E-state index in [0.29, 0.717) is 5.56 Å². The summed E-state index contributed by atoms with van der Waals surface area (Å²) in [4.78, 5) is 26.9. The second kappa shape index (κ2) is 8.33. The van der Waals surface area contributed by atoms with Gasteiger partial charge in [-0.3, -0.25) is 4.79 Å². The Kier molecular flexibility index (Phi) is 6.17. The number of hydrogen-bond donors (Lipinski definition) is 1. The first-order valence-corrected chi connectivity index (χ1v) is 8.33. The summed E-state index contributed by atoms with van der Waals surface area (Å²) >= 11 is 0. The highest BCUT2D eigenvalue weighted by Gasteiger charge is 2.22. The van der Waals surface area contributed by atoms with Gasteiger partial charge in [-0.05, 0) is 43.7 Å². The van der Waals surface area contributed by atoms with Crippen molar-refractivity contribution >= 4 is 17.6 Å². The Labute approximate surface area is 148 Å². The van der Waals surface area contributed by atoms with Crippen molar-refractivity contribution in [2.45, 2.75) is 26.4 Å². The highest BCUT2D eigenvalue weighted by atomic mass is 16.4. The van der Waals surface area contributed by atoms with Gasteiger partial charge in [-0.1, -0.05) is 30.3 Å². The van der Waals surface area contributed by atoms with Crippen molar-refractivity contribution in [1.29, 1.82) is 0 Å². The quantitative estimate of drug-likeness (QED) is 0.840. The van der Waals surface area contributed by atoms with E-state index >= 15 is 0 Å². The molecule has 0 saturated heterocycles. The molecule has 0 radical (unpaired) electrons.